The molecule has 0 bridgehead atoms. The van der Waals surface area contributed by atoms with Crippen LogP contribution in [-0.2, 0) is 4.79 Å². The third kappa shape index (κ3) is 7.56. The van der Waals surface area contributed by atoms with Gasteiger partial charge < -0.3 is 11.1 Å². The van der Waals surface area contributed by atoms with Crippen LogP contribution in [0.5, 0.6) is 0 Å². The fraction of sp³-hybridized carbons (Fsp3) is 0.938. The van der Waals surface area contributed by atoms with E-state index in [-0.39, 0.29) is 17.9 Å². The van der Waals surface area contributed by atoms with Crippen LogP contribution < -0.4 is 11.1 Å². The highest BCUT2D eigenvalue weighted by Crippen LogP contribution is 2.28. The lowest BCUT2D eigenvalue weighted by Gasteiger charge is -2.14. The molecule has 0 radical (unpaired) electrons. The highest BCUT2D eigenvalue weighted by Gasteiger charge is 2.15. The number of rotatable bonds is 9. The smallest absolute Gasteiger partial charge is 0.222 e. The number of carbonyl (C=O) groups excluding carboxylic acids is 1. The van der Waals surface area contributed by atoms with E-state index in [1.165, 1.54) is 32.1 Å². The molecule has 0 aromatic heterocycles. The van der Waals surface area contributed by atoms with Gasteiger partial charge in [0.05, 0.1) is 0 Å². The van der Waals surface area contributed by atoms with Crippen LogP contribution in [0.4, 0.5) is 0 Å². The minimum atomic E-state index is 0.130. The lowest BCUT2D eigenvalue weighted by molar-refractivity contribution is -0.124. The van der Waals surface area contributed by atoms with E-state index < -0.39 is 0 Å². The molecule has 0 heterocycles. The fourth-order valence-electron chi connectivity index (χ4n) is 2.95. The minimum absolute atomic E-state index is 0.130. The summed E-state index contributed by atoms with van der Waals surface area (Å²) in [7, 11) is 0. The van der Waals surface area contributed by atoms with Gasteiger partial charge in [-0.3, -0.25) is 4.79 Å². The summed E-state index contributed by atoms with van der Waals surface area (Å²) in [6.07, 6.45) is 11.1. The van der Waals surface area contributed by atoms with Gasteiger partial charge in [0, 0.05) is 18.5 Å². The van der Waals surface area contributed by atoms with Gasteiger partial charge in [-0.1, -0.05) is 39.0 Å². The second-order valence-electron chi connectivity index (χ2n) is 6.39. The van der Waals surface area contributed by atoms with Gasteiger partial charge >= 0.3 is 0 Å². The van der Waals surface area contributed by atoms with E-state index in [4.69, 9.17) is 5.73 Å². The van der Waals surface area contributed by atoms with Gasteiger partial charge in [0.25, 0.3) is 0 Å². The van der Waals surface area contributed by atoms with Crippen LogP contribution in [0.3, 0.4) is 0 Å². The highest BCUT2D eigenvalue weighted by molar-refractivity contribution is 5.78. The van der Waals surface area contributed by atoms with E-state index in [0.29, 0.717) is 0 Å². The first kappa shape index (κ1) is 16.5. The van der Waals surface area contributed by atoms with Crippen LogP contribution >= 0.6 is 0 Å². The average molecular weight is 268 g/mol. The van der Waals surface area contributed by atoms with Gasteiger partial charge in [-0.25, -0.2) is 0 Å². The average Bonchev–Trinajstić information content (AvgIpc) is 2.86. The first-order valence-electron chi connectivity index (χ1n) is 8.13. The number of nitrogens with two attached hydrogens (primary N) is 1. The van der Waals surface area contributed by atoms with Crippen molar-refractivity contribution in [1.29, 1.82) is 0 Å². The Morgan fingerprint density at radius 1 is 1.21 bits per heavy atom. The van der Waals surface area contributed by atoms with Gasteiger partial charge in [0.1, 0.15) is 0 Å². The molecule has 2 atom stereocenters. The molecule has 1 fully saturated rings. The largest absolute Gasteiger partial charge is 0.356 e. The summed E-state index contributed by atoms with van der Waals surface area (Å²) >= 11 is 0. The van der Waals surface area contributed by atoms with Crippen molar-refractivity contribution in [3.8, 4) is 0 Å². The molecule has 0 spiro atoms. The molecule has 1 aliphatic rings. The van der Waals surface area contributed by atoms with E-state index in [2.05, 4.69) is 5.32 Å². The van der Waals surface area contributed by atoms with E-state index in [1.54, 1.807) is 0 Å². The second-order valence-corrected chi connectivity index (χ2v) is 6.39. The minimum Gasteiger partial charge on any atom is -0.356 e. The Hall–Kier alpha value is -0.570. The first-order chi connectivity index (χ1) is 9.09. The zero-order chi connectivity index (χ0) is 14.1. The molecular formula is C16H32N2O. The Bertz CT molecular complexity index is 247. The lowest BCUT2D eigenvalue weighted by atomic mass is 10.0. The summed E-state index contributed by atoms with van der Waals surface area (Å²) in [4.78, 5) is 11.9. The predicted octanol–water partition coefficient (Wildman–Crippen LogP) is 3.23. The summed E-state index contributed by atoms with van der Waals surface area (Å²) in [6.45, 7) is 4.90. The van der Waals surface area contributed by atoms with Crippen molar-refractivity contribution in [3.05, 3.63) is 0 Å². The van der Waals surface area contributed by atoms with Crippen molar-refractivity contribution in [2.45, 2.75) is 77.7 Å². The Kier molecular flexibility index (Phi) is 8.11. The van der Waals surface area contributed by atoms with E-state index in [9.17, 15) is 4.79 Å². The summed E-state index contributed by atoms with van der Waals surface area (Å²) in [5.74, 6) is 1.28. The summed E-state index contributed by atoms with van der Waals surface area (Å²) in [5.41, 5.74) is 5.71. The molecule has 0 aromatic rings. The van der Waals surface area contributed by atoms with Crippen LogP contribution in [-0.4, -0.2) is 18.5 Å². The Morgan fingerprint density at radius 2 is 1.89 bits per heavy atom. The molecule has 3 nitrogen and oxygen atoms in total. The zero-order valence-corrected chi connectivity index (χ0v) is 12.8. The van der Waals surface area contributed by atoms with Gasteiger partial charge in [-0.15, -0.1) is 0 Å². The van der Waals surface area contributed by atoms with Crippen molar-refractivity contribution < 1.29 is 4.79 Å². The van der Waals surface area contributed by atoms with Crippen LogP contribution in [0, 0.1) is 11.8 Å². The number of hydrogen-bond donors (Lipinski definition) is 2. The molecule has 0 aliphatic heterocycles. The molecular weight excluding hydrogens is 236 g/mol. The Labute approximate surface area is 118 Å². The van der Waals surface area contributed by atoms with Crippen molar-refractivity contribution in [2.75, 3.05) is 6.54 Å². The number of nitrogens with one attached hydrogen (secondary N) is 1. The topological polar surface area (TPSA) is 55.1 Å². The molecule has 3 N–H and O–H groups in total. The van der Waals surface area contributed by atoms with Gasteiger partial charge in [-0.05, 0) is 38.5 Å². The Balaban J connectivity index is 1.99. The van der Waals surface area contributed by atoms with Gasteiger partial charge in [0.2, 0.25) is 5.91 Å². The third-order valence-corrected chi connectivity index (χ3v) is 4.31. The summed E-state index contributed by atoms with van der Waals surface area (Å²) < 4.78 is 0. The lowest BCUT2D eigenvalue weighted by Crippen LogP contribution is -2.30. The third-order valence-electron chi connectivity index (χ3n) is 4.31. The van der Waals surface area contributed by atoms with Gasteiger partial charge in [-0.2, -0.15) is 0 Å². The van der Waals surface area contributed by atoms with E-state index in [1.807, 2.05) is 13.8 Å². The Morgan fingerprint density at radius 3 is 2.53 bits per heavy atom. The van der Waals surface area contributed by atoms with Gasteiger partial charge in [0.15, 0.2) is 0 Å². The van der Waals surface area contributed by atoms with E-state index >= 15 is 0 Å². The SMILES string of the molecule is CC(N)CCCC(C)C(=O)NCCCC1CCCC1. The molecule has 1 rings (SSSR count). The van der Waals surface area contributed by atoms with Crippen molar-refractivity contribution in [2.24, 2.45) is 17.6 Å². The molecule has 0 aromatic carbocycles. The quantitative estimate of drug-likeness (QED) is 0.631. The van der Waals surface area contributed by atoms with E-state index in [0.717, 1.165) is 38.1 Å². The van der Waals surface area contributed by atoms with Crippen molar-refractivity contribution >= 4 is 5.91 Å². The number of hydrogen-bond acceptors (Lipinski definition) is 2. The number of amides is 1. The first-order valence-corrected chi connectivity index (χ1v) is 8.13. The molecule has 19 heavy (non-hydrogen) atoms. The maximum absolute atomic E-state index is 11.9. The monoisotopic (exact) mass is 268 g/mol. The second kappa shape index (κ2) is 9.35. The molecule has 3 heteroatoms. The predicted molar refractivity (Wildman–Crippen MR) is 80.9 cm³/mol. The zero-order valence-electron chi connectivity index (χ0n) is 12.8. The molecule has 2 unspecified atom stereocenters. The van der Waals surface area contributed by atoms with Crippen LogP contribution in [0.15, 0.2) is 0 Å². The molecule has 1 aliphatic carbocycles. The molecule has 1 saturated carbocycles. The number of carbonyl (C=O) groups is 1. The molecule has 0 saturated heterocycles. The highest BCUT2D eigenvalue weighted by atomic mass is 16.1. The normalized spacial score (nSPS) is 19.3. The fourth-order valence-corrected chi connectivity index (χ4v) is 2.95. The van der Waals surface area contributed by atoms with Crippen molar-refractivity contribution in [1.82, 2.24) is 5.32 Å². The molecule has 112 valence electrons. The standard InChI is InChI=1S/C16H32N2O/c1-13(7-5-8-14(2)17)16(19)18-12-6-11-15-9-3-4-10-15/h13-15H,3-12,17H2,1-2H3,(H,18,19). The van der Waals surface area contributed by atoms with Crippen LogP contribution in [0.1, 0.15) is 71.6 Å². The van der Waals surface area contributed by atoms with Crippen LogP contribution in [0.25, 0.3) is 0 Å². The maximum Gasteiger partial charge on any atom is 0.222 e. The summed E-state index contributed by atoms with van der Waals surface area (Å²) in [6, 6.07) is 0.252. The maximum atomic E-state index is 11.9. The summed E-state index contributed by atoms with van der Waals surface area (Å²) in [5, 5.41) is 3.07. The molecule has 1 amide bonds. The van der Waals surface area contributed by atoms with Crippen molar-refractivity contribution in [3.63, 3.8) is 0 Å². The van der Waals surface area contributed by atoms with Crippen LogP contribution in [0.2, 0.25) is 0 Å².